The van der Waals surface area contributed by atoms with Gasteiger partial charge in [0.15, 0.2) is 0 Å². The van der Waals surface area contributed by atoms with Crippen molar-refractivity contribution in [3.63, 3.8) is 0 Å². The normalized spacial score (nSPS) is 14.8. The molecule has 2 heterocycles. The Labute approximate surface area is 170 Å². The molecule has 0 unspecified atom stereocenters. The van der Waals surface area contributed by atoms with E-state index in [1.807, 2.05) is 25.1 Å². The fourth-order valence-electron chi connectivity index (χ4n) is 3.55. The zero-order valence-electron chi connectivity index (χ0n) is 16.6. The Bertz CT molecular complexity index is 1020. The molecule has 7 nitrogen and oxygen atoms in total. The van der Waals surface area contributed by atoms with Crippen LogP contribution in [-0.2, 0) is 0 Å². The molecule has 1 aliphatic heterocycles. The summed E-state index contributed by atoms with van der Waals surface area (Å²) in [6.45, 7) is 5.91. The Balaban J connectivity index is 1.47. The number of carbonyl (C=O) groups excluding carboxylic acids is 1. The van der Waals surface area contributed by atoms with Crippen LogP contribution in [0.4, 0.5) is 11.4 Å². The Morgan fingerprint density at radius 3 is 2.66 bits per heavy atom. The third-order valence-corrected chi connectivity index (χ3v) is 5.28. The second-order valence-corrected chi connectivity index (χ2v) is 7.46. The summed E-state index contributed by atoms with van der Waals surface area (Å²) in [6.07, 6.45) is 0. The van der Waals surface area contributed by atoms with Gasteiger partial charge in [-0.1, -0.05) is 6.07 Å². The van der Waals surface area contributed by atoms with Crippen molar-refractivity contribution < 1.29 is 9.90 Å². The number of aromatic nitrogens is 2. The van der Waals surface area contributed by atoms with Crippen LogP contribution in [0.15, 0.2) is 48.5 Å². The third-order valence-electron chi connectivity index (χ3n) is 5.28. The van der Waals surface area contributed by atoms with Crippen molar-refractivity contribution in [2.75, 3.05) is 43.4 Å². The van der Waals surface area contributed by atoms with E-state index in [4.69, 9.17) is 0 Å². The molecule has 0 saturated carbocycles. The van der Waals surface area contributed by atoms with E-state index in [-0.39, 0.29) is 11.7 Å². The monoisotopic (exact) mass is 391 g/mol. The first-order valence-corrected chi connectivity index (χ1v) is 9.70. The smallest absolute Gasteiger partial charge is 0.273 e. The van der Waals surface area contributed by atoms with Gasteiger partial charge in [0.25, 0.3) is 5.91 Å². The molecule has 3 N–H and O–H groups in total. The molecule has 7 heteroatoms. The van der Waals surface area contributed by atoms with Crippen LogP contribution in [0, 0.1) is 6.92 Å². The van der Waals surface area contributed by atoms with Gasteiger partial charge < -0.3 is 20.2 Å². The molecule has 0 spiro atoms. The Hall–Kier alpha value is -3.32. The molecule has 0 radical (unpaired) electrons. The minimum absolute atomic E-state index is 0.208. The van der Waals surface area contributed by atoms with Gasteiger partial charge in [-0.2, -0.15) is 5.10 Å². The lowest BCUT2D eigenvalue weighted by Crippen LogP contribution is -2.44. The van der Waals surface area contributed by atoms with Crippen molar-refractivity contribution in [2.24, 2.45) is 0 Å². The largest absolute Gasteiger partial charge is 0.508 e. The van der Waals surface area contributed by atoms with Crippen molar-refractivity contribution in [3.05, 3.63) is 59.8 Å². The summed E-state index contributed by atoms with van der Waals surface area (Å²) in [5.41, 5.74) is 4.68. The highest BCUT2D eigenvalue weighted by Gasteiger charge is 2.16. The molecular formula is C22H25N5O2. The minimum atomic E-state index is -0.240. The molecule has 0 atom stereocenters. The molecular weight excluding hydrogens is 366 g/mol. The minimum Gasteiger partial charge on any atom is -0.508 e. The number of amides is 1. The standard InChI is InChI=1S/C22H25N5O2/c1-15-12-18(28)6-7-19(15)20-14-21(25-24-20)22(29)23-16-4-3-5-17(13-16)27-10-8-26(2)9-11-27/h3-7,12-14,28H,8-11H2,1-2H3,(H,23,29)(H,24,25). The third kappa shape index (κ3) is 4.25. The van der Waals surface area contributed by atoms with Gasteiger partial charge in [0.2, 0.25) is 0 Å². The summed E-state index contributed by atoms with van der Waals surface area (Å²) < 4.78 is 0. The summed E-state index contributed by atoms with van der Waals surface area (Å²) in [5, 5.41) is 19.6. The Morgan fingerprint density at radius 2 is 1.90 bits per heavy atom. The maximum Gasteiger partial charge on any atom is 0.273 e. The molecule has 1 aromatic heterocycles. The van der Waals surface area contributed by atoms with Crippen molar-refractivity contribution >= 4 is 17.3 Å². The lowest BCUT2D eigenvalue weighted by atomic mass is 10.1. The second-order valence-electron chi connectivity index (χ2n) is 7.46. The summed E-state index contributed by atoms with van der Waals surface area (Å²) in [4.78, 5) is 17.3. The van der Waals surface area contributed by atoms with Crippen LogP contribution in [0.2, 0.25) is 0 Å². The van der Waals surface area contributed by atoms with E-state index < -0.39 is 0 Å². The van der Waals surface area contributed by atoms with Gasteiger partial charge in [-0.25, -0.2) is 0 Å². The molecule has 1 amide bonds. The number of aromatic amines is 1. The van der Waals surface area contributed by atoms with E-state index in [0.29, 0.717) is 11.4 Å². The van der Waals surface area contributed by atoms with Crippen LogP contribution >= 0.6 is 0 Å². The molecule has 0 aliphatic carbocycles. The number of nitrogens with one attached hydrogen (secondary N) is 2. The van der Waals surface area contributed by atoms with Crippen molar-refractivity contribution in [1.82, 2.24) is 15.1 Å². The Kier molecular flexibility index (Phi) is 5.22. The number of likely N-dealkylation sites (N-methyl/N-ethyl adjacent to an activating group) is 1. The van der Waals surface area contributed by atoms with Crippen molar-refractivity contribution in [1.29, 1.82) is 0 Å². The first-order chi connectivity index (χ1) is 14.0. The van der Waals surface area contributed by atoms with Gasteiger partial charge in [0, 0.05) is 43.1 Å². The predicted molar refractivity (Wildman–Crippen MR) is 115 cm³/mol. The second kappa shape index (κ2) is 7.97. The number of aromatic hydroxyl groups is 1. The number of rotatable bonds is 4. The Morgan fingerprint density at radius 1 is 1.10 bits per heavy atom. The lowest BCUT2D eigenvalue weighted by Gasteiger charge is -2.34. The first-order valence-electron chi connectivity index (χ1n) is 9.70. The van der Waals surface area contributed by atoms with Crippen molar-refractivity contribution in [3.8, 4) is 17.0 Å². The van der Waals surface area contributed by atoms with E-state index in [9.17, 15) is 9.90 Å². The van der Waals surface area contributed by atoms with Gasteiger partial charge >= 0.3 is 0 Å². The fraction of sp³-hybridized carbons (Fsp3) is 0.273. The lowest BCUT2D eigenvalue weighted by molar-refractivity contribution is 0.102. The number of hydrogen-bond acceptors (Lipinski definition) is 5. The SMILES string of the molecule is Cc1cc(O)ccc1-c1cc(C(=O)Nc2cccc(N3CCN(C)CC3)c2)[nH]n1. The quantitative estimate of drug-likeness (QED) is 0.636. The number of benzene rings is 2. The van der Waals surface area contributed by atoms with E-state index in [1.165, 1.54) is 0 Å². The van der Waals surface area contributed by atoms with E-state index in [1.54, 1.807) is 24.3 Å². The molecule has 1 saturated heterocycles. The van der Waals surface area contributed by atoms with Crippen LogP contribution < -0.4 is 10.2 Å². The first kappa shape index (κ1) is 19.0. The highest BCUT2D eigenvalue weighted by atomic mass is 16.3. The number of piperazine rings is 1. The average molecular weight is 391 g/mol. The molecule has 2 aromatic carbocycles. The number of hydrogen-bond donors (Lipinski definition) is 3. The number of H-pyrrole nitrogens is 1. The maximum absolute atomic E-state index is 12.7. The van der Waals surface area contributed by atoms with Gasteiger partial charge in [0.1, 0.15) is 11.4 Å². The topological polar surface area (TPSA) is 84.5 Å². The fourth-order valence-corrected chi connectivity index (χ4v) is 3.55. The highest BCUT2D eigenvalue weighted by molar-refractivity contribution is 6.03. The van der Waals surface area contributed by atoms with Crippen LogP contribution in [0.3, 0.4) is 0 Å². The summed E-state index contributed by atoms with van der Waals surface area (Å²) in [7, 11) is 2.13. The number of aryl methyl sites for hydroxylation is 1. The maximum atomic E-state index is 12.7. The van der Waals surface area contributed by atoms with Gasteiger partial charge in [-0.15, -0.1) is 0 Å². The van der Waals surface area contributed by atoms with Gasteiger partial charge in [-0.3, -0.25) is 9.89 Å². The molecule has 0 bridgehead atoms. The number of anilines is 2. The molecule has 4 rings (SSSR count). The zero-order chi connectivity index (χ0) is 20.4. The van der Waals surface area contributed by atoms with Gasteiger partial charge in [-0.05, 0) is 62.0 Å². The van der Waals surface area contributed by atoms with E-state index in [2.05, 4.69) is 38.4 Å². The highest BCUT2D eigenvalue weighted by Crippen LogP contribution is 2.26. The molecule has 150 valence electrons. The van der Waals surface area contributed by atoms with Crippen molar-refractivity contribution in [2.45, 2.75) is 6.92 Å². The molecule has 29 heavy (non-hydrogen) atoms. The van der Waals surface area contributed by atoms with E-state index >= 15 is 0 Å². The average Bonchev–Trinajstić information content (AvgIpc) is 3.19. The molecule has 3 aromatic rings. The van der Waals surface area contributed by atoms with Crippen LogP contribution in [0.5, 0.6) is 5.75 Å². The van der Waals surface area contributed by atoms with Crippen LogP contribution in [0.1, 0.15) is 16.1 Å². The number of nitrogens with zero attached hydrogens (tertiary/aromatic N) is 3. The number of carbonyl (C=O) groups is 1. The summed E-state index contributed by atoms with van der Waals surface area (Å²) >= 11 is 0. The van der Waals surface area contributed by atoms with Crippen LogP contribution in [0.25, 0.3) is 11.3 Å². The zero-order valence-corrected chi connectivity index (χ0v) is 16.6. The summed E-state index contributed by atoms with van der Waals surface area (Å²) in [6, 6.07) is 14.7. The van der Waals surface area contributed by atoms with Gasteiger partial charge in [0.05, 0.1) is 5.69 Å². The summed E-state index contributed by atoms with van der Waals surface area (Å²) in [5.74, 6) is -0.0318. The number of phenolic OH excluding ortho intramolecular Hbond substituents is 1. The number of phenols is 1. The molecule has 1 fully saturated rings. The van der Waals surface area contributed by atoms with Crippen LogP contribution in [-0.4, -0.2) is 59.3 Å². The molecule has 1 aliphatic rings. The predicted octanol–water partition coefficient (Wildman–Crippen LogP) is 3.09. The van der Waals surface area contributed by atoms with E-state index in [0.717, 1.165) is 48.7 Å².